The molecule has 6 nitrogen and oxygen atoms in total. The summed E-state index contributed by atoms with van der Waals surface area (Å²) < 4.78 is 12.8. The molecule has 0 spiro atoms. The van der Waals surface area contributed by atoms with Crippen molar-refractivity contribution in [3.8, 4) is 0 Å². The van der Waals surface area contributed by atoms with Crippen LogP contribution in [-0.2, 0) is 16.1 Å². The molecule has 2 heterocycles. The standard InChI is InChI=1S/C23H26N2O4/c1-14-8-9-15(2)21(11-14)24-22(26)18(5)29-23(27)20-12-16(3)25(17(20)4)13-19-7-6-10-28-19/h6-12,18H,13H2,1-5H3,(H,24,26)/t18-/m1/s1. The summed E-state index contributed by atoms with van der Waals surface area (Å²) in [6.45, 7) is 9.74. The second kappa shape index (κ2) is 8.39. The van der Waals surface area contributed by atoms with Gasteiger partial charge in [-0.15, -0.1) is 0 Å². The molecule has 152 valence electrons. The predicted octanol–water partition coefficient (Wildman–Crippen LogP) is 4.55. The van der Waals surface area contributed by atoms with Crippen LogP contribution < -0.4 is 5.32 Å². The molecular weight excluding hydrogens is 368 g/mol. The lowest BCUT2D eigenvalue weighted by Crippen LogP contribution is -2.30. The van der Waals surface area contributed by atoms with Crippen LogP contribution in [0, 0.1) is 27.7 Å². The topological polar surface area (TPSA) is 73.5 Å². The highest BCUT2D eigenvalue weighted by atomic mass is 16.5. The van der Waals surface area contributed by atoms with E-state index < -0.39 is 12.1 Å². The van der Waals surface area contributed by atoms with Gasteiger partial charge in [-0.05, 0) is 70.0 Å². The van der Waals surface area contributed by atoms with Crippen LogP contribution in [0.1, 0.15) is 45.6 Å². The van der Waals surface area contributed by atoms with Gasteiger partial charge in [-0.2, -0.15) is 0 Å². The molecule has 29 heavy (non-hydrogen) atoms. The molecular formula is C23H26N2O4. The molecule has 3 rings (SSSR count). The van der Waals surface area contributed by atoms with E-state index >= 15 is 0 Å². The first-order valence-corrected chi connectivity index (χ1v) is 9.54. The summed E-state index contributed by atoms with van der Waals surface area (Å²) in [7, 11) is 0. The maximum absolute atomic E-state index is 12.7. The predicted molar refractivity (Wildman–Crippen MR) is 111 cm³/mol. The number of nitrogens with one attached hydrogen (secondary N) is 1. The van der Waals surface area contributed by atoms with Crippen LogP contribution in [0.5, 0.6) is 0 Å². The number of hydrogen-bond acceptors (Lipinski definition) is 4. The van der Waals surface area contributed by atoms with Crippen molar-refractivity contribution in [3.63, 3.8) is 0 Å². The van der Waals surface area contributed by atoms with E-state index in [-0.39, 0.29) is 5.91 Å². The highest BCUT2D eigenvalue weighted by molar-refractivity contribution is 5.98. The maximum Gasteiger partial charge on any atom is 0.340 e. The lowest BCUT2D eigenvalue weighted by atomic mass is 10.1. The quantitative estimate of drug-likeness (QED) is 0.623. The molecule has 2 aromatic heterocycles. The average molecular weight is 394 g/mol. The van der Waals surface area contributed by atoms with Gasteiger partial charge in [0.1, 0.15) is 5.76 Å². The van der Waals surface area contributed by atoms with E-state index in [4.69, 9.17) is 9.15 Å². The van der Waals surface area contributed by atoms with E-state index in [0.29, 0.717) is 12.1 Å². The van der Waals surface area contributed by atoms with E-state index in [1.54, 1.807) is 19.3 Å². The Bertz CT molecular complexity index is 1030. The highest BCUT2D eigenvalue weighted by Crippen LogP contribution is 2.20. The molecule has 3 aromatic rings. The number of carbonyl (C=O) groups is 2. The van der Waals surface area contributed by atoms with Crippen molar-refractivity contribution in [2.24, 2.45) is 0 Å². The van der Waals surface area contributed by atoms with Crippen molar-refractivity contribution in [1.29, 1.82) is 0 Å². The average Bonchev–Trinajstić information content (AvgIpc) is 3.28. The number of benzene rings is 1. The molecule has 0 aliphatic rings. The van der Waals surface area contributed by atoms with Crippen LogP contribution in [-0.4, -0.2) is 22.5 Å². The summed E-state index contributed by atoms with van der Waals surface area (Å²) in [5.41, 5.74) is 4.84. The molecule has 1 aromatic carbocycles. The molecule has 0 aliphatic heterocycles. The number of amides is 1. The fourth-order valence-corrected chi connectivity index (χ4v) is 3.19. The summed E-state index contributed by atoms with van der Waals surface area (Å²) in [4.78, 5) is 25.2. The molecule has 0 fully saturated rings. The van der Waals surface area contributed by atoms with Crippen molar-refractivity contribution in [2.45, 2.75) is 47.3 Å². The van der Waals surface area contributed by atoms with E-state index in [9.17, 15) is 9.59 Å². The Kier molecular flexibility index (Phi) is 5.92. The minimum absolute atomic E-state index is 0.364. The Morgan fingerprint density at radius 1 is 1.14 bits per heavy atom. The van der Waals surface area contributed by atoms with Gasteiger partial charge in [0.25, 0.3) is 5.91 Å². The summed E-state index contributed by atoms with van der Waals surface area (Å²) in [5, 5.41) is 2.83. The van der Waals surface area contributed by atoms with Gasteiger partial charge in [0, 0.05) is 17.1 Å². The van der Waals surface area contributed by atoms with Gasteiger partial charge in [0.05, 0.1) is 18.4 Å². The lowest BCUT2D eigenvalue weighted by molar-refractivity contribution is -0.123. The van der Waals surface area contributed by atoms with Crippen LogP contribution in [0.3, 0.4) is 0 Å². The van der Waals surface area contributed by atoms with Gasteiger partial charge in [0.2, 0.25) is 0 Å². The van der Waals surface area contributed by atoms with Crippen LogP contribution in [0.2, 0.25) is 0 Å². The number of esters is 1. The Morgan fingerprint density at radius 3 is 2.59 bits per heavy atom. The summed E-state index contributed by atoms with van der Waals surface area (Å²) in [5.74, 6) is -0.0863. The molecule has 0 radical (unpaired) electrons. The zero-order valence-corrected chi connectivity index (χ0v) is 17.4. The molecule has 0 saturated heterocycles. The monoisotopic (exact) mass is 394 g/mol. The van der Waals surface area contributed by atoms with Crippen LogP contribution >= 0.6 is 0 Å². The zero-order chi connectivity index (χ0) is 21.1. The van der Waals surface area contributed by atoms with E-state index in [1.165, 1.54) is 0 Å². The third-order valence-electron chi connectivity index (χ3n) is 4.99. The molecule has 1 N–H and O–H groups in total. The number of rotatable bonds is 6. The third kappa shape index (κ3) is 4.59. The van der Waals surface area contributed by atoms with Crippen molar-refractivity contribution < 1.29 is 18.7 Å². The number of aryl methyl sites for hydroxylation is 3. The van der Waals surface area contributed by atoms with Gasteiger partial charge in [-0.25, -0.2) is 4.79 Å². The van der Waals surface area contributed by atoms with Crippen LogP contribution in [0.15, 0.2) is 47.1 Å². The number of carbonyl (C=O) groups excluding carboxylic acids is 2. The summed E-state index contributed by atoms with van der Waals surface area (Å²) >= 11 is 0. The van der Waals surface area contributed by atoms with E-state index in [0.717, 1.165) is 34.0 Å². The highest BCUT2D eigenvalue weighted by Gasteiger charge is 2.23. The largest absolute Gasteiger partial charge is 0.467 e. The fraction of sp³-hybridized carbons (Fsp3) is 0.304. The Morgan fingerprint density at radius 2 is 1.90 bits per heavy atom. The molecule has 0 unspecified atom stereocenters. The summed E-state index contributed by atoms with van der Waals surface area (Å²) in [6, 6.07) is 11.3. The first-order chi connectivity index (χ1) is 13.8. The number of nitrogens with zero attached hydrogens (tertiary/aromatic N) is 1. The third-order valence-corrected chi connectivity index (χ3v) is 4.99. The second-order valence-electron chi connectivity index (χ2n) is 7.31. The second-order valence-corrected chi connectivity index (χ2v) is 7.31. The molecule has 1 atom stereocenters. The van der Waals surface area contributed by atoms with Gasteiger partial charge in [-0.1, -0.05) is 12.1 Å². The minimum atomic E-state index is -0.921. The Hall–Kier alpha value is -3.28. The molecule has 1 amide bonds. The van der Waals surface area contributed by atoms with E-state index in [2.05, 4.69) is 5.32 Å². The number of aromatic nitrogens is 1. The molecule has 0 saturated carbocycles. The van der Waals surface area contributed by atoms with Gasteiger partial charge in [-0.3, -0.25) is 4.79 Å². The number of anilines is 1. The Balaban J connectivity index is 1.69. The smallest absolute Gasteiger partial charge is 0.340 e. The summed E-state index contributed by atoms with van der Waals surface area (Å²) in [6.07, 6.45) is 0.699. The number of ether oxygens (including phenoxy) is 1. The molecule has 6 heteroatoms. The SMILES string of the molecule is Cc1ccc(C)c(NC(=O)[C@@H](C)OC(=O)c2cc(C)n(Cc3ccco3)c2C)c1. The first-order valence-electron chi connectivity index (χ1n) is 9.54. The minimum Gasteiger partial charge on any atom is -0.467 e. The van der Waals surface area contributed by atoms with Crippen molar-refractivity contribution in [1.82, 2.24) is 4.57 Å². The van der Waals surface area contributed by atoms with Gasteiger partial charge < -0.3 is 19.0 Å². The first kappa shape index (κ1) is 20.5. The zero-order valence-electron chi connectivity index (χ0n) is 17.4. The maximum atomic E-state index is 12.7. The molecule has 0 aliphatic carbocycles. The van der Waals surface area contributed by atoms with Crippen molar-refractivity contribution >= 4 is 17.6 Å². The molecule has 0 bridgehead atoms. The van der Waals surface area contributed by atoms with Crippen LogP contribution in [0.25, 0.3) is 0 Å². The van der Waals surface area contributed by atoms with Crippen molar-refractivity contribution in [2.75, 3.05) is 5.32 Å². The number of furan rings is 1. The van der Waals surface area contributed by atoms with E-state index in [1.807, 2.05) is 62.6 Å². The van der Waals surface area contributed by atoms with Gasteiger partial charge >= 0.3 is 5.97 Å². The van der Waals surface area contributed by atoms with Crippen LogP contribution in [0.4, 0.5) is 5.69 Å². The normalized spacial score (nSPS) is 11.9. The Labute approximate surface area is 170 Å². The number of hydrogen-bond donors (Lipinski definition) is 1. The van der Waals surface area contributed by atoms with Crippen molar-refractivity contribution in [3.05, 3.63) is 76.5 Å². The fourth-order valence-electron chi connectivity index (χ4n) is 3.19. The van der Waals surface area contributed by atoms with Gasteiger partial charge in [0.15, 0.2) is 6.10 Å². The lowest BCUT2D eigenvalue weighted by Gasteiger charge is -2.15.